The highest BCUT2D eigenvalue weighted by atomic mass is 32.2. The number of rotatable bonds is 11. The van der Waals surface area contributed by atoms with Crippen LogP contribution < -0.4 is 10.1 Å². The number of ether oxygens (including phenoxy) is 1. The van der Waals surface area contributed by atoms with E-state index in [1.165, 1.54) is 28.7 Å². The molecule has 1 aromatic heterocycles. The molecule has 27 heavy (non-hydrogen) atoms. The Bertz CT molecular complexity index is 704. The van der Waals surface area contributed by atoms with Gasteiger partial charge < -0.3 is 10.1 Å². The van der Waals surface area contributed by atoms with E-state index in [4.69, 9.17) is 4.74 Å². The summed E-state index contributed by atoms with van der Waals surface area (Å²) in [6.45, 7) is 6.46. The van der Waals surface area contributed by atoms with E-state index in [0.29, 0.717) is 11.7 Å². The van der Waals surface area contributed by atoms with Crippen LogP contribution in [-0.2, 0) is 10.5 Å². The molecule has 8 heteroatoms. The summed E-state index contributed by atoms with van der Waals surface area (Å²) in [7, 11) is 1.66. The van der Waals surface area contributed by atoms with E-state index in [-0.39, 0.29) is 11.9 Å². The predicted molar refractivity (Wildman–Crippen MR) is 115 cm³/mol. The van der Waals surface area contributed by atoms with Crippen LogP contribution in [0.1, 0.15) is 39.2 Å². The van der Waals surface area contributed by atoms with Crippen molar-refractivity contribution in [2.45, 2.75) is 54.1 Å². The summed E-state index contributed by atoms with van der Waals surface area (Å²) in [5.74, 6) is 2.78. The Kier molecular flexibility index (Phi) is 9.44. The number of hydrogen-bond donors (Lipinski definition) is 1. The molecule has 1 N–H and O–H groups in total. The van der Waals surface area contributed by atoms with E-state index in [2.05, 4.69) is 36.3 Å². The molecule has 1 unspecified atom stereocenters. The molecule has 148 valence electrons. The minimum absolute atomic E-state index is 0.0545. The molecule has 2 rings (SSSR count). The molecule has 1 atom stereocenters. The fourth-order valence-electron chi connectivity index (χ4n) is 2.28. The Labute approximate surface area is 174 Å². The molecule has 0 aliphatic rings. The van der Waals surface area contributed by atoms with Gasteiger partial charge in [0.15, 0.2) is 8.68 Å². The zero-order valence-electron chi connectivity index (χ0n) is 16.2. The monoisotopic (exact) mass is 425 g/mol. The van der Waals surface area contributed by atoms with Gasteiger partial charge in [-0.05, 0) is 43.4 Å². The summed E-state index contributed by atoms with van der Waals surface area (Å²) in [6.07, 6.45) is 2.14. The SMILES string of the molecule is COc1ccc(CSc2nnc(SCC(=O)NC(C)CCC(C)C)s2)cc1. The molecule has 1 amide bonds. The number of nitrogens with one attached hydrogen (secondary N) is 1. The van der Waals surface area contributed by atoms with E-state index < -0.39 is 0 Å². The maximum Gasteiger partial charge on any atom is 0.230 e. The van der Waals surface area contributed by atoms with Crippen LogP contribution in [0.25, 0.3) is 0 Å². The Morgan fingerprint density at radius 2 is 1.78 bits per heavy atom. The molecule has 2 aromatic rings. The maximum atomic E-state index is 12.1. The second kappa shape index (κ2) is 11.6. The number of nitrogens with zero attached hydrogens (tertiary/aromatic N) is 2. The number of thioether (sulfide) groups is 2. The molecule has 0 fully saturated rings. The highest BCUT2D eigenvalue weighted by Gasteiger charge is 2.11. The quantitative estimate of drug-likeness (QED) is 0.518. The third kappa shape index (κ3) is 8.53. The standard InChI is InChI=1S/C19H27N3O2S3/c1-13(2)5-6-14(3)20-17(23)12-26-19-22-21-18(27-19)25-11-15-7-9-16(24-4)10-8-15/h7-10,13-14H,5-6,11-12H2,1-4H3,(H,20,23). The Balaban J connectivity index is 1.71. The van der Waals surface area contributed by atoms with Crippen LogP contribution in [0.5, 0.6) is 5.75 Å². The van der Waals surface area contributed by atoms with Gasteiger partial charge in [-0.2, -0.15) is 0 Å². The number of carbonyl (C=O) groups excluding carboxylic acids is 1. The van der Waals surface area contributed by atoms with E-state index in [9.17, 15) is 4.79 Å². The van der Waals surface area contributed by atoms with Crippen LogP contribution in [0.2, 0.25) is 0 Å². The van der Waals surface area contributed by atoms with Gasteiger partial charge in [0, 0.05) is 11.8 Å². The molecule has 5 nitrogen and oxygen atoms in total. The molecule has 0 radical (unpaired) electrons. The third-order valence-electron chi connectivity index (χ3n) is 3.82. The van der Waals surface area contributed by atoms with Gasteiger partial charge in [-0.1, -0.05) is 60.8 Å². The van der Waals surface area contributed by atoms with Crippen molar-refractivity contribution in [1.29, 1.82) is 0 Å². The van der Waals surface area contributed by atoms with Crippen molar-refractivity contribution in [3.05, 3.63) is 29.8 Å². The van der Waals surface area contributed by atoms with Crippen LogP contribution in [-0.4, -0.2) is 35.0 Å². The molecule has 0 aliphatic carbocycles. The molecular weight excluding hydrogens is 398 g/mol. The lowest BCUT2D eigenvalue weighted by molar-refractivity contribution is -0.119. The zero-order chi connectivity index (χ0) is 19.6. The summed E-state index contributed by atoms with van der Waals surface area (Å²) >= 11 is 4.63. The van der Waals surface area contributed by atoms with Gasteiger partial charge in [-0.15, -0.1) is 10.2 Å². The van der Waals surface area contributed by atoms with E-state index in [0.717, 1.165) is 33.0 Å². The summed E-state index contributed by atoms with van der Waals surface area (Å²) < 4.78 is 6.91. The summed E-state index contributed by atoms with van der Waals surface area (Å²) in [5.41, 5.74) is 1.21. The van der Waals surface area contributed by atoms with Crippen LogP contribution >= 0.6 is 34.9 Å². The number of aromatic nitrogens is 2. The van der Waals surface area contributed by atoms with Crippen LogP contribution in [0.15, 0.2) is 32.9 Å². The van der Waals surface area contributed by atoms with Crippen molar-refractivity contribution in [2.75, 3.05) is 12.9 Å². The average molecular weight is 426 g/mol. The first-order valence-corrected chi connectivity index (χ1v) is 11.8. The second-order valence-corrected chi connectivity index (χ2v) is 10.1. The smallest absolute Gasteiger partial charge is 0.230 e. The van der Waals surface area contributed by atoms with Crippen molar-refractivity contribution >= 4 is 40.8 Å². The Hall–Kier alpha value is -1.25. The lowest BCUT2D eigenvalue weighted by atomic mass is 10.0. The molecule has 0 bridgehead atoms. The van der Waals surface area contributed by atoms with Crippen molar-refractivity contribution in [3.8, 4) is 5.75 Å². The lowest BCUT2D eigenvalue weighted by Crippen LogP contribution is -2.33. The van der Waals surface area contributed by atoms with Crippen molar-refractivity contribution < 1.29 is 9.53 Å². The van der Waals surface area contributed by atoms with Crippen molar-refractivity contribution in [3.63, 3.8) is 0 Å². The second-order valence-electron chi connectivity index (χ2n) is 6.70. The number of benzene rings is 1. The van der Waals surface area contributed by atoms with Gasteiger partial charge in [-0.3, -0.25) is 4.79 Å². The average Bonchev–Trinajstić information content (AvgIpc) is 3.11. The summed E-state index contributed by atoms with van der Waals surface area (Å²) in [6, 6.07) is 8.22. The molecule has 0 saturated heterocycles. The first kappa shape index (κ1) is 22.0. The van der Waals surface area contributed by atoms with Gasteiger partial charge in [0.05, 0.1) is 12.9 Å². The normalized spacial score (nSPS) is 12.2. The highest BCUT2D eigenvalue weighted by Crippen LogP contribution is 2.31. The highest BCUT2D eigenvalue weighted by molar-refractivity contribution is 8.03. The first-order chi connectivity index (χ1) is 13.0. The summed E-state index contributed by atoms with van der Waals surface area (Å²) in [5, 5.41) is 11.4. The van der Waals surface area contributed by atoms with Crippen molar-refractivity contribution in [2.24, 2.45) is 5.92 Å². The molecule has 0 aliphatic heterocycles. The number of methoxy groups -OCH3 is 1. The van der Waals surface area contributed by atoms with Gasteiger partial charge >= 0.3 is 0 Å². The minimum Gasteiger partial charge on any atom is -0.497 e. The van der Waals surface area contributed by atoms with Gasteiger partial charge in [0.25, 0.3) is 0 Å². The van der Waals surface area contributed by atoms with Crippen molar-refractivity contribution in [1.82, 2.24) is 15.5 Å². The van der Waals surface area contributed by atoms with Crippen LogP contribution in [0.3, 0.4) is 0 Å². The minimum atomic E-state index is 0.0545. The number of hydrogen-bond acceptors (Lipinski definition) is 7. The maximum absolute atomic E-state index is 12.1. The van der Waals surface area contributed by atoms with E-state index in [1.54, 1.807) is 18.9 Å². The number of carbonyl (C=O) groups is 1. The third-order valence-corrected chi connectivity index (χ3v) is 7.08. The van der Waals surface area contributed by atoms with Crippen LogP contribution in [0.4, 0.5) is 0 Å². The van der Waals surface area contributed by atoms with Gasteiger partial charge in [0.2, 0.25) is 5.91 Å². The fraction of sp³-hybridized carbons (Fsp3) is 0.526. The first-order valence-electron chi connectivity index (χ1n) is 8.97. The lowest BCUT2D eigenvalue weighted by Gasteiger charge is -2.14. The van der Waals surface area contributed by atoms with Gasteiger partial charge in [-0.25, -0.2) is 0 Å². The molecule has 0 saturated carbocycles. The molecule has 1 aromatic carbocycles. The van der Waals surface area contributed by atoms with E-state index >= 15 is 0 Å². The summed E-state index contributed by atoms with van der Waals surface area (Å²) in [4.78, 5) is 12.1. The Morgan fingerprint density at radius 1 is 1.11 bits per heavy atom. The van der Waals surface area contributed by atoms with Gasteiger partial charge in [0.1, 0.15) is 5.75 Å². The molecule has 1 heterocycles. The van der Waals surface area contributed by atoms with Crippen LogP contribution in [0, 0.1) is 5.92 Å². The Morgan fingerprint density at radius 3 is 2.41 bits per heavy atom. The van der Waals surface area contributed by atoms with E-state index in [1.807, 2.05) is 24.3 Å². The fourth-order valence-corrected chi connectivity index (χ4v) is 5.07. The molecular formula is C19H27N3O2S3. The topological polar surface area (TPSA) is 64.1 Å². The zero-order valence-corrected chi connectivity index (χ0v) is 18.7. The predicted octanol–water partition coefficient (Wildman–Crippen LogP) is 4.87. The largest absolute Gasteiger partial charge is 0.497 e. The number of amides is 1. The molecule has 0 spiro atoms.